The van der Waals surface area contributed by atoms with Gasteiger partial charge in [-0.05, 0) is 22.3 Å². The minimum Gasteiger partial charge on any atom is -0.378 e. The summed E-state index contributed by atoms with van der Waals surface area (Å²) in [5, 5.41) is 18.9. The van der Waals surface area contributed by atoms with Crippen molar-refractivity contribution < 1.29 is 9.42 Å². The number of amides is 1. The summed E-state index contributed by atoms with van der Waals surface area (Å²) >= 11 is 0. The van der Waals surface area contributed by atoms with Crippen LogP contribution in [0.4, 0.5) is 5.82 Å². The largest absolute Gasteiger partial charge is 0.378 e. The first-order valence-corrected chi connectivity index (χ1v) is 7.35. The number of hydrogen-bond donors (Lipinski definition) is 2. The third-order valence-corrected chi connectivity index (χ3v) is 3.23. The predicted molar refractivity (Wildman–Crippen MR) is 87.0 cm³/mol. The number of carbonyl (C=O) groups is 1. The number of nitrogens with one attached hydrogen (secondary N) is 1. The molecule has 0 aliphatic heterocycles. The van der Waals surface area contributed by atoms with Gasteiger partial charge < -0.3 is 5.73 Å². The van der Waals surface area contributed by atoms with Gasteiger partial charge in [0.2, 0.25) is 11.6 Å². The Morgan fingerprint density at radius 1 is 1.44 bits per heavy atom. The molecular weight excluding hydrogens is 326 g/mol. The molecule has 3 aromatic heterocycles. The minimum absolute atomic E-state index is 0.0494. The molecule has 0 fully saturated rings. The van der Waals surface area contributed by atoms with Gasteiger partial charge in [-0.15, -0.1) is 5.10 Å². The van der Waals surface area contributed by atoms with Crippen molar-refractivity contribution in [3.63, 3.8) is 0 Å². The summed E-state index contributed by atoms with van der Waals surface area (Å²) in [4.78, 5) is 16.3. The Kier molecular flexibility index (Phi) is 4.46. The second kappa shape index (κ2) is 6.86. The quantitative estimate of drug-likeness (QED) is 0.503. The van der Waals surface area contributed by atoms with Crippen LogP contribution in [0.25, 0.3) is 5.82 Å². The first kappa shape index (κ1) is 16.2. The maximum absolute atomic E-state index is 12.4. The summed E-state index contributed by atoms with van der Waals surface area (Å²) in [5.41, 5.74) is 9.47. The second-order valence-electron chi connectivity index (χ2n) is 5.35. The molecule has 0 aliphatic rings. The summed E-state index contributed by atoms with van der Waals surface area (Å²) in [7, 11) is 0. The van der Waals surface area contributed by atoms with E-state index in [-0.39, 0.29) is 23.2 Å². The smallest absolute Gasteiger partial charge is 0.293 e. The molecule has 3 heterocycles. The van der Waals surface area contributed by atoms with Crippen molar-refractivity contribution in [1.29, 1.82) is 0 Å². The lowest BCUT2D eigenvalue weighted by Gasteiger charge is -2.08. The molecule has 128 valence electrons. The van der Waals surface area contributed by atoms with Crippen molar-refractivity contribution in [2.75, 3.05) is 5.73 Å². The number of anilines is 1. The number of carbonyl (C=O) groups excluding carboxylic acids is 1. The Morgan fingerprint density at radius 2 is 2.28 bits per heavy atom. The molecular formula is C14H15N9O2. The number of nitrogen functional groups attached to an aromatic ring is 1. The van der Waals surface area contributed by atoms with E-state index in [0.29, 0.717) is 5.69 Å². The molecule has 0 atom stereocenters. The summed E-state index contributed by atoms with van der Waals surface area (Å²) in [6, 6.07) is 3.57. The minimum atomic E-state index is -0.509. The topological polar surface area (TPSA) is 150 Å². The van der Waals surface area contributed by atoms with Crippen molar-refractivity contribution in [1.82, 2.24) is 35.7 Å². The number of nitrogens with zero attached hydrogens (tertiary/aromatic N) is 7. The molecule has 0 unspecified atom stereocenters. The first-order valence-electron chi connectivity index (χ1n) is 7.35. The van der Waals surface area contributed by atoms with E-state index in [0.717, 1.165) is 5.56 Å². The van der Waals surface area contributed by atoms with Crippen molar-refractivity contribution >= 4 is 17.9 Å². The normalized spacial score (nSPS) is 11.3. The van der Waals surface area contributed by atoms with Gasteiger partial charge in [-0.3, -0.25) is 9.78 Å². The van der Waals surface area contributed by atoms with Crippen LogP contribution in [0.15, 0.2) is 34.3 Å². The molecule has 11 nitrogen and oxygen atoms in total. The molecule has 3 rings (SSSR count). The van der Waals surface area contributed by atoms with E-state index in [1.165, 1.54) is 10.9 Å². The van der Waals surface area contributed by atoms with Gasteiger partial charge in [-0.1, -0.05) is 25.1 Å². The van der Waals surface area contributed by atoms with Crippen LogP contribution in [-0.4, -0.2) is 42.4 Å². The molecule has 11 heteroatoms. The fourth-order valence-corrected chi connectivity index (χ4v) is 2.13. The molecule has 0 spiro atoms. The lowest BCUT2D eigenvalue weighted by atomic mass is 10.1. The third-order valence-electron chi connectivity index (χ3n) is 3.23. The summed E-state index contributed by atoms with van der Waals surface area (Å²) in [6.45, 7) is 3.77. The van der Waals surface area contributed by atoms with Crippen LogP contribution >= 0.6 is 0 Å². The van der Waals surface area contributed by atoms with Crippen LogP contribution in [0.1, 0.15) is 41.5 Å². The molecule has 0 aliphatic carbocycles. The molecule has 3 N–H and O–H groups in total. The number of nitrogens with two attached hydrogens (primary N) is 1. The summed E-state index contributed by atoms with van der Waals surface area (Å²) in [5.74, 6) is -0.373. The molecule has 0 aromatic carbocycles. The van der Waals surface area contributed by atoms with Gasteiger partial charge in [0.1, 0.15) is 0 Å². The molecule has 0 bridgehead atoms. The first-order chi connectivity index (χ1) is 12.1. The van der Waals surface area contributed by atoms with Gasteiger partial charge in [-0.25, -0.2) is 10.1 Å². The van der Waals surface area contributed by atoms with Crippen molar-refractivity contribution in [3.8, 4) is 5.82 Å². The van der Waals surface area contributed by atoms with Crippen LogP contribution in [0.2, 0.25) is 0 Å². The van der Waals surface area contributed by atoms with E-state index >= 15 is 0 Å². The van der Waals surface area contributed by atoms with Gasteiger partial charge in [0, 0.05) is 18.0 Å². The van der Waals surface area contributed by atoms with Crippen LogP contribution in [0.3, 0.4) is 0 Å². The van der Waals surface area contributed by atoms with E-state index in [2.05, 4.69) is 40.8 Å². The monoisotopic (exact) mass is 341 g/mol. The lowest BCUT2D eigenvalue weighted by Crippen LogP contribution is -2.21. The maximum atomic E-state index is 12.4. The van der Waals surface area contributed by atoms with Gasteiger partial charge in [-0.2, -0.15) is 9.78 Å². The number of pyridine rings is 1. The van der Waals surface area contributed by atoms with Crippen LogP contribution in [0, 0.1) is 0 Å². The van der Waals surface area contributed by atoms with Gasteiger partial charge in [0.25, 0.3) is 5.91 Å². The van der Waals surface area contributed by atoms with Crippen molar-refractivity contribution in [3.05, 3.63) is 41.5 Å². The van der Waals surface area contributed by atoms with E-state index in [1.807, 2.05) is 13.8 Å². The van der Waals surface area contributed by atoms with Gasteiger partial charge in [0.05, 0.1) is 11.9 Å². The zero-order chi connectivity index (χ0) is 17.8. The van der Waals surface area contributed by atoms with E-state index < -0.39 is 5.91 Å². The highest BCUT2D eigenvalue weighted by atomic mass is 16.6. The fourth-order valence-electron chi connectivity index (χ4n) is 2.13. The highest BCUT2D eigenvalue weighted by molar-refractivity contribution is 5.94. The average Bonchev–Trinajstić information content (AvgIpc) is 3.21. The highest BCUT2D eigenvalue weighted by Crippen LogP contribution is 2.22. The zero-order valence-corrected chi connectivity index (χ0v) is 13.5. The van der Waals surface area contributed by atoms with Crippen LogP contribution in [0.5, 0.6) is 0 Å². The molecule has 0 saturated heterocycles. The standard InChI is InChI=1S/C14H15N9O2/c1-8(2)11-10(18-22-23(11)13-12(15)20-25-21-13)14(24)19-17-7-9-4-3-5-16-6-9/h3-8H,1-2H3,(H2,15,20)(H,19,24)/b17-7-. The molecule has 25 heavy (non-hydrogen) atoms. The van der Waals surface area contributed by atoms with E-state index in [9.17, 15) is 4.79 Å². The highest BCUT2D eigenvalue weighted by Gasteiger charge is 2.25. The number of hydrogen-bond acceptors (Lipinski definition) is 9. The van der Waals surface area contributed by atoms with Crippen LogP contribution in [-0.2, 0) is 0 Å². The molecule has 0 saturated carbocycles. The van der Waals surface area contributed by atoms with Gasteiger partial charge in [0.15, 0.2) is 5.69 Å². The average molecular weight is 341 g/mol. The molecule has 0 radical (unpaired) electrons. The lowest BCUT2D eigenvalue weighted by molar-refractivity contribution is 0.0948. The Hall–Kier alpha value is -3.63. The van der Waals surface area contributed by atoms with Crippen molar-refractivity contribution in [2.24, 2.45) is 5.10 Å². The summed E-state index contributed by atoms with van der Waals surface area (Å²) < 4.78 is 5.90. The van der Waals surface area contributed by atoms with Crippen LogP contribution < -0.4 is 11.2 Å². The Labute approximate surface area is 141 Å². The predicted octanol–water partition coefficient (Wildman–Crippen LogP) is 0.515. The summed E-state index contributed by atoms with van der Waals surface area (Å²) in [6.07, 6.45) is 4.74. The Balaban J connectivity index is 1.84. The Morgan fingerprint density at radius 3 is 2.92 bits per heavy atom. The zero-order valence-electron chi connectivity index (χ0n) is 13.5. The fraction of sp³-hybridized carbons (Fsp3) is 0.214. The number of hydrazone groups is 1. The molecule has 1 amide bonds. The van der Waals surface area contributed by atoms with E-state index in [1.54, 1.807) is 24.5 Å². The third kappa shape index (κ3) is 3.34. The molecule has 3 aromatic rings. The maximum Gasteiger partial charge on any atom is 0.293 e. The van der Waals surface area contributed by atoms with Gasteiger partial charge >= 0.3 is 0 Å². The van der Waals surface area contributed by atoms with Crippen molar-refractivity contribution in [2.45, 2.75) is 19.8 Å². The SMILES string of the molecule is CC(C)c1c(C(=O)N/N=C\c2cccnc2)nnn1-c1nonc1N. The van der Waals surface area contributed by atoms with E-state index in [4.69, 9.17) is 5.73 Å². The number of rotatable bonds is 5. The Bertz CT molecular complexity index is 898. The number of aromatic nitrogens is 6. The second-order valence-corrected chi connectivity index (χ2v) is 5.35.